The van der Waals surface area contributed by atoms with Gasteiger partial charge in [0.05, 0.1) is 31.7 Å². The number of hydrogen-bond donors (Lipinski definition) is 1. The van der Waals surface area contributed by atoms with Crippen molar-refractivity contribution < 1.29 is 13.6 Å². The van der Waals surface area contributed by atoms with E-state index < -0.39 is 6.04 Å². The highest BCUT2D eigenvalue weighted by atomic mass is 16.3. The minimum atomic E-state index is -0.482. The SMILES string of the molecule is CCC[C@@H](N)C(=O)N(Cc1ccco1)Cc1ccco1. The lowest BCUT2D eigenvalue weighted by Gasteiger charge is -2.24. The Bertz CT molecular complexity index is 469. The molecule has 5 nitrogen and oxygen atoms in total. The van der Waals surface area contributed by atoms with E-state index in [1.165, 1.54) is 0 Å². The van der Waals surface area contributed by atoms with Crippen molar-refractivity contribution in [3.63, 3.8) is 0 Å². The van der Waals surface area contributed by atoms with Gasteiger partial charge in [0.25, 0.3) is 0 Å². The third-order valence-electron chi connectivity index (χ3n) is 3.08. The van der Waals surface area contributed by atoms with Gasteiger partial charge in [0.15, 0.2) is 0 Å². The first-order valence-electron chi connectivity index (χ1n) is 6.79. The fourth-order valence-corrected chi connectivity index (χ4v) is 2.06. The molecule has 20 heavy (non-hydrogen) atoms. The molecule has 0 aromatic carbocycles. The molecule has 0 bridgehead atoms. The molecule has 0 saturated heterocycles. The molecule has 2 N–H and O–H groups in total. The zero-order valence-corrected chi connectivity index (χ0v) is 11.6. The van der Waals surface area contributed by atoms with Crippen LogP contribution in [0.5, 0.6) is 0 Å². The van der Waals surface area contributed by atoms with E-state index in [1.54, 1.807) is 29.6 Å². The molecule has 0 saturated carbocycles. The predicted molar refractivity (Wildman–Crippen MR) is 74.6 cm³/mol. The van der Waals surface area contributed by atoms with Crippen LogP contribution in [-0.4, -0.2) is 16.8 Å². The zero-order chi connectivity index (χ0) is 14.4. The quantitative estimate of drug-likeness (QED) is 0.843. The van der Waals surface area contributed by atoms with Crippen LogP contribution in [0, 0.1) is 0 Å². The Labute approximate surface area is 118 Å². The molecule has 2 heterocycles. The van der Waals surface area contributed by atoms with Crippen molar-refractivity contribution in [1.29, 1.82) is 0 Å². The van der Waals surface area contributed by atoms with Crippen LogP contribution in [0.15, 0.2) is 45.6 Å². The molecule has 108 valence electrons. The van der Waals surface area contributed by atoms with Gasteiger partial charge >= 0.3 is 0 Å². The molecule has 0 aliphatic carbocycles. The van der Waals surface area contributed by atoms with Gasteiger partial charge in [-0.1, -0.05) is 13.3 Å². The summed E-state index contributed by atoms with van der Waals surface area (Å²) in [7, 11) is 0. The molecule has 5 heteroatoms. The van der Waals surface area contributed by atoms with Crippen LogP contribution in [0.4, 0.5) is 0 Å². The Morgan fingerprint density at radius 2 is 1.75 bits per heavy atom. The van der Waals surface area contributed by atoms with E-state index in [0.29, 0.717) is 19.5 Å². The summed E-state index contributed by atoms with van der Waals surface area (Å²) in [4.78, 5) is 14.1. The van der Waals surface area contributed by atoms with Crippen LogP contribution < -0.4 is 5.73 Å². The Balaban J connectivity index is 2.08. The molecular formula is C15H20N2O3. The van der Waals surface area contributed by atoms with Gasteiger partial charge in [-0.05, 0) is 30.7 Å². The maximum absolute atomic E-state index is 12.4. The molecule has 0 aliphatic heterocycles. The van der Waals surface area contributed by atoms with Crippen LogP contribution in [0.1, 0.15) is 31.3 Å². The molecule has 0 fully saturated rings. The number of carbonyl (C=O) groups is 1. The molecule has 0 unspecified atom stereocenters. The van der Waals surface area contributed by atoms with E-state index in [0.717, 1.165) is 17.9 Å². The summed E-state index contributed by atoms with van der Waals surface area (Å²) in [6.07, 6.45) is 4.74. The summed E-state index contributed by atoms with van der Waals surface area (Å²) in [5, 5.41) is 0. The number of nitrogens with two attached hydrogens (primary N) is 1. The third-order valence-corrected chi connectivity index (χ3v) is 3.08. The maximum Gasteiger partial charge on any atom is 0.240 e. The Morgan fingerprint density at radius 1 is 1.20 bits per heavy atom. The summed E-state index contributed by atoms with van der Waals surface area (Å²) in [6.45, 7) is 2.80. The lowest BCUT2D eigenvalue weighted by molar-refractivity contribution is -0.134. The molecular weight excluding hydrogens is 256 g/mol. The van der Waals surface area contributed by atoms with Gasteiger partial charge in [-0.15, -0.1) is 0 Å². The second-order valence-corrected chi connectivity index (χ2v) is 4.75. The molecule has 2 aromatic heterocycles. The highest BCUT2D eigenvalue weighted by Crippen LogP contribution is 2.13. The molecule has 2 rings (SSSR count). The Hall–Kier alpha value is -2.01. The van der Waals surface area contributed by atoms with E-state index in [1.807, 2.05) is 19.1 Å². The van der Waals surface area contributed by atoms with Crippen LogP contribution in [0.3, 0.4) is 0 Å². The maximum atomic E-state index is 12.4. The van der Waals surface area contributed by atoms with Crippen molar-refractivity contribution >= 4 is 5.91 Å². The van der Waals surface area contributed by atoms with Crippen molar-refractivity contribution in [2.24, 2.45) is 5.73 Å². The summed E-state index contributed by atoms with van der Waals surface area (Å²) < 4.78 is 10.6. The van der Waals surface area contributed by atoms with Crippen molar-refractivity contribution in [3.8, 4) is 0 Å². The summed E-state index contributed by atoms with van der Waals surface area (Å²) >= 11 is 0. The van der Waals surface area contributed by atoms with E-state index in [2.05, 4.69) is 0 Å². The second-order valence-electron chi connectivity index (χ2n) is 4.75. The minimum Gasteiger partial charge on any atom is -0.467 e. The van der Waals surface area contributed by atoms with Crippen molar-refractivity contribution in [2.75, 3.05) is 0 Å². The van der Waals surface area contributed by atoms with E-state index >= 15 is 0 Å². The van der Waals surface area contributed by atoms with Crippen LogP contribution in [0.2, 0.25) is 0 Å². The summed E-state index contributed by atoms with van der Waals surface area (Å²) in [5.74, 6) is 1.38. The number of nitrogens with zero attached hydrogens (tertiary/aromatic N) is 1. The summed E-state index contributed by atoms with van der Waals surface area (Å²) in [6, 6.07) is 6.81. The first-order chi connectivity index (χ1) is 9.70. The molecule has 0 aliphatic rings. The van der Waals surface area contributed by atoms with E-state index in [9.17, 15) is 4.79 Å². The zero-order valence-electron chi connectivity index (χ0n) is 11.6. The van der Waals surface area contributed by atoms with Crippen LogP contribution >= 0.6 is 0 Å². The summed E-state index contributed by atoms with van der Waals surface area (Å²) in [5.41, 5.74) is 5.93. The van der Waals surface area contributed by atoms with Gasteiger partial charge < -0.3 is 19.5 Å². The van der Waals surface area contributed by atoms with Crippen molar-refractivity contribution in [1.82, 2.24) is 4.90 Å². The lowest BCUT2D eigenvalue weighted by Crippen LogP contribution is -2.42. The first kappa shape index (κ1) is 14.4. The average molecular weight is 276 g/mol. The first-order valence-corrected chi connectivity index (χ1v) is 6.79. The smallest absolute Gasteiger partial charge is 0.240 e. The lowest BCUT2D eigenvalue weighted by atomic mass is 10.1. The largest absolute Gasteiger partial charge is 0.467 e. The van der Waals surface area contributed by atoms with E-state index in [4.69, 9.17) is 14.6 Å². The molecule has 1 amide bonds. The number of amides is 1. The van der Waals surface area contributed by atoms with Gasteiger partial charge in [-0.2, -0.15) is 0 Å². The normalized spacial score (nSPS) is 12.3. The second kappa shape index (κ2) is 6.96. The Morgan fingerprint density at radius 3 is 2.15 bits per heavy atom. The number of carbonyl (C=O) groups excluding carboxylic acids is 1. The fourth-order valence-electron chi connectivity index (χ4n) is 2.06. The average Bonchev–Trinajstić information content (AvgIpc) is 3.10. The van der Waals surface area contributed by atoms with Gasteiger partial charge in [0, 0.05) is 0 Å². The number of furan rings is 2. The topological polar surface area (TPSA) is 72.6 Å². The standard InChI is InChI=1S/C15H20N2O3/c1-2-5-14(16)15(18)17(10-12-6-3-8-19-12)11-13-7-4-9-20-13/h3-4,6-9,14H,2,5,10-11,16H2,1H3/t14-/m1/s1. The third kappa shape index (κ3) is 3.74. The predicted octanol–water partition coefficient (Wildman–Crippen LogP) is 2.53. The molecule has 0 radical (unpaired) electrons. The van der Waals surface area contributed by atoms with Crippen LogP contribution in [-0.2, 0) is 17.9 Å². The molecule has 0 spiro atoms. The van der Waals surface area contributed by atoms with Crippen molar-refractivity contribution in [3.05, 3.63) is 48.3 Å². The highest BCUT2D eigenvalue weighted by molar-refractivity contribution is 5.81. The van der Waals surface area contributed by atoms with Gasteiger partial charge in [-0.3, -0.25) is 4.79 Å². The number of hydrogen-bond acceptors (Lipinski definition) is 4. The molecule has 1 atom stereocenters. The van der Waals surface area contributed by atoms with E-state index in [-0.39, 0.29) is 5.91 Å². The Kier molecular flexibility index (Phi) is 5.01. The van der Waals surface area contributed by atoms with Crippen LogP contribution in [0.25, 0.3) is 0 Å². The number of rotatable bonds is 7. The minimum absolute atomic E-state index is 0.0837. The monoisotopic (exact) mass is 276 g/mol. The fraction of sp³-hybridized carbons (Fsp3) is 0.400. The van der Waals surface area contributed by atoms with Gasteiger partial charge in [0.1, 0.15) is 11.5 Å². The molecule has 2 aromatic rings. The van der Waals surface area contributed by atoms with Gasteiger partial charge in [0.2, 0.25) is 5.91 Å². The highest BCUT2D eigenvalue weighted by Gasteiger charge is 2.22. The van der Waals surface area contributed by atoms with Gasteiger partial charge in [-0.25, -0.2) is 0 Å². The van der Waals surface area contributed by atoms with Crippen molar-refractivity contribution in [2.45, 2.75) is 38.9 Å².